The van der Waals surface area contributed by atoms with Crippen molar-refractivity contribution in [3.05, 3.63) is 77.5 Å². The summed E-state index contributed by atoms with van der Waals surface area (Å²) in [6.07, 6.45) is 7.80. The zero-order chi connectivity index (χ0) is 34.5. The predicted octanol–water partition coefficient (Wildman–Crippen LogP) is 5.83. The summed E-state index contributed by atoms with van der Waals surface area (Å²) >= 11 is 0. The first kappa shape index (κ1) is 32.1. The Balaban J connectivity index is 1.01. The lowest BCUT2D eigenvalue weighted by Crippen LogP contribution is -2.48. The standard InChI is InChI=1S/C38H43N9O3/c1-4-33(48)29-18-39-34(43-37(49)24-13-14-24)17-32(29)42-30-11-8-10-27-28-19-40-47(35(28)23(2)44(3)36(27)30)26-21-45(22-26)20-25-9-7-12-31(41-25)38(50)46-15-5-6-16-46/h7-12,17-19,23-24,26H,4-6,13-16,20-22H2,1-3H3,(H2,39,42,43,49). The zero-order valence-corrected chi connectivity index (χ0v) is 28.9. The number of amides is 2. The van der Waals surface area contributed by atoms with Gasteiger partial charge in [-0.15, -0.1) is 0 Å². The number of Topliss-reactive ketones (excluding diaryl/α,β-unsaturated/α-hetero) is 1. The van der Waals surface area contributed by atoms with Crippen LogP contribution in [0.25, 0.3) is 11.1 Å². The van der Waals surface area contributed by atoms with Gasteiger partial charge in [0.1, 0.15) is 11.5 Å². The average molecular weight is 674 g/mol. The molecule has 0 bridgehead atoms. The van der Waals surface area contributed by atoms with Crippen molar-refractivity contribution in [3.8, 4) is 11.1 Å². The van der Waals surface area contributed by atoms with Crippen LogP contribution < -0.4 is 15.5 Å². The molecule has 8 rings (SSSR count). The van der Waals surface area contributed by atoms with Gasteiger partial charge >= 0.3 is 0 Å². The molecule has 1 aliphatic carbocycles. The van der Waals surface area contributed by atoms with Gasteiger partial charge in [-0.25, -0.2) is 9.97 Å². The van der Waals surface area contributed by atoms with Crippen LogP contribution in [0.2, 0.25) is 0 Å². The molecule has 12 nitrogen and oxygen atoms in total. The molecule has 1 unspecified atom stereocenters. The van der Waals surface area contributed by atoms with Crippen LogP contribution in [0.3, 0.4) is 0 Å². The van der Waals surface area contributed by atoms with Crippen molar-refractivity contribution in [2.45, 2.75) is 64.6 Å². The summed E-state index contributed by atoms with van der Waals surface area (Å²) in [5.41, 5.74) is 7.77. The van der Waals surface area contributed by atoms with Gasteiger partial charge in [-0.2, -0.15) is 5.10 Å². The molecule has 258 valence electrons. The summed E-state index contributed by atoms with van der Waals surface area (Å²) in [4.78, 5) is 54.0. The summed E-state index contributed by atoms with van der Waals surface area (Å²) in [6, 6.07) is 14.0. The fourth-order valence-corrected chi connectivity index (χ4v) is 7.49. The van der Waals surface area contributed by atoms with Crippen molar-refractivity contribution in [1.29, 1.82) is 0 Å². The van der Waals surface area contributed by atoms with Crippen LogP contribution in [0.4, 0.5) is 22.9 Å². The third-order valence-corrected chi connectivity index (χ3v) is 10.6. The van der Waals surface area contributed by atoms with Gasteiger partial charge in [0.2, 0.25) is 5.91 Å². The molecule has 6 heterocycles. The number of nitrogens with zero attached hydrogens (tertiary/aromatic N) is 7. The number of carbonyl (C=O) groups excluding carboxylic acids is 3. The van der Waals surface area contributed by atoms with E-state index in [1.165, 1.54) is 5.69 Å². The first-order chi connectivity index (χ1) is 24.3. The van der Waals surface area contributed by atoms with Crippen LogP contribution in [-0.4, -0.2) is 80.4 Å². The monoisotopic (exact) mass is 673 g/mol. The Hall–Kier alpha value is -5.10. The highest BCUT2D eigenvalue weighted by molar-refractivity contribution is 6.04. The highest BCUT2D eigenvalue weighted by atomic mass is 16.2. The number of fused-ring (bicyclic) bond motifs is 3. The van der Waals surface area contributed by atoms with E-state index in [1.807, 2.05) is 48.4 Å². The molecule has 1 saturated carbocycles. The Labute approximate surface area is 291 Å². The van der Waals surface area contributed by atoms with Crippen LogP contribution in [-0.2, 0) is 11.3 Å². The molecule has 3 aliphatic heterocycles. The topological polar surface area (TPSA) is 129 Å². The minimum atomic E-state index is -0.0296. The van der Waals surface area contributed by atoms with Gasteiger partial charge in [-0.1, -0.05) is 25.1 Å². The van der Waals surface area contributed by atoms with Gasteiger partial charge in [0.05, 0.1) is 52.3 Å². The smallest absolute Gasteiger partial charge is 0.272 e. The van der Waals surface area contributed by atoms with E-state index in [9.17, 15) is 14.4 Å². The Morgan fingerprint density at radius 2 is 1.74 bits per heavy atom. The van der Waals surface area contributed by atoms with Crippen molar-refractivity contribution < 1.29 is 14.4 Å². The molecule has 3 aromatic heterocycles. The second kappa shape index (κ2) is 13.0. The SMILES string of the molecule is CCC(=O)c1cnc(NC(=O)C2CC2)cc1Nc1cccc2c1N(C)C(C)c1c-2cnn1C1CN(Cc2cccc(C(=O)N3CCCC3)n2)C1. The molecule has 50 heavy (non-hydrogen) atoms. The van der Waals surface area contributed by atoms with Gasteiger partial charge in [-0.05, 0) is 50.8 Å². The number of carbonyl (C=O) groups is 3. The van der Waals surface area contributed by atoms with Gasteiger partial charge < -0.3 is 20.4 Å². The molecule has 0 spiro atoms. The van der Waals surface area contributed by atoms with Gasteiger partial charge in [0, 0.05) is 75.5 Å². The van der Waals surface area contributed by atoms with E-state index in [0.717, 1.165) is 80.1 Å². The fourth-order valence-electron chi connectivity index (χ4n) is 7.49. The van der Waals surface area contributed by atoms with Gasteiger partial charge in [0.25, 0.3) is 5.91 Å². The van der Waals surface area contributed by atoms with E-state index in [0.29, 0.717) is 35.7 Å². The number of aromatic nitrogens is 4. The number of rotatable bonds is 10. The van der Waals surface area contributed by atoms with Crippen molar-refractivity contribution in [1.82, 2.24) is 29.5 Å². The minimum Gasteiger partial charge on any atom is -0.364 e. The summed E-state index contributed by atoms with van der Waals surface area (Å²) in [5, 5.41) is 11.4. The van der Waals surface area contributed by atoms with E-state index >= 15 is 0 Å². The second-order valence-corrected chi connectivity index (χ2v) is 14.0. The maximum Gasteiger partial charge on any atom is 0.272 e. The molecule has 2 N–H and O–H groups in total. The Morgan fingerprint density at radius 1 is 0.960 bits per heavy atom. The summed E-state index contributed by atoms with van der Waals surface area (Å²) in [6.45, 7) is 8.05. The number of para-hydroxylation sites is 1. The van der Waals surface area contributed by atoms with Crippen LogP contribution in [0.15, 0.2) is 54.9 Å². The number of likely N-dealkylation sites (tertiary alicyclic amines) is 2. The first-order valence-corrected chi connectivity index (χ1v) is 17.8. The predicted molar refractivity (Wildman–Crippen MR) is 192 cm³/mol. The average Bonchev–Trinajstić information content (AvgIpc) is 3.64. The minimum absolute atomic E-state index is 0.0243. The quantitative estimate of drug-likeness (QED) is 0.200. The molecule has 0 radical (unpaired) electrons. The molecule has 3 fully saturated rings. The third kappa shape index (κ3) is 5.91. The molecule has 2 saturated heterocycles. The van der Waals surface area contributed by atoms with Crippen molar-refractivity contribution in [2.75, 3.05) is 48.8 Å². The number of pyridine rings is 2. The third-order valence-electron chi connectivity index (χ3n) is 10.6. The van der Waals surface area contributed by atoms with Crippen LogP contribution >= 0.6 is 0 Å². The Bertz CT molecular complexity index is 1970. The maximum atomic E-state index is 13.0. The number of anilines is 4. The fraction of sp³-hybridized carbons (Fsp3) is 0.421. The van der Waals surface area contributed by atoms with Gasteiger partial charge in [0.15, 0.2) is 5.78 Å². The Kier molecular flexibility index (Phi) is 8.34. The highest BCUT2D eigenvalue weighted by Crippen LogP contribution is 2.49. The van der Waals surface area contributed by atoms with Crippen LogP contribution in [0, 0.1) is 5.92 Å². The van der Waals surface area contributed by atoms with E-state index in [2.05, 4.69) is 50.1 Å². The van der Waals surface area contributed by atoms with Crippen molar-refractivity contribution >= 4 is 40.5 Å². The van der Waals surface area contributed by atoms with Gasteiger partial charge in [-0.3, -0.25) is 24.0 Å². The van der Waals surface area contributed by atoms with E-state index < -0.39 is 0 Å². The molecule has 4 aromatic rings. The largest absolute Gasteiger partial charge is 0.364 e. The molecule has 12 heteroatoms. The van der Waals surface area contributed by atoms with Crippen LogP contribution in [0.5, 0.6) is 0 Å². The molecule has 1 aromatic carbocycles. The normalized spacial score (nSPS) is 18.7. The lowest BCUT2D eigenvalue weighted by molar-refractivity contribution is -0.117. The Morgan fingerprint density at radius 3 is 2.50 bits per heavy atom. The maximum absolute atomic E-state index is 13.0. The molecule has 1 atom stereocenters. The number of hydrogen-bond acceptors (Lipinski definition) is 9. The number of benzene rings is 1. The van der Waals surface area contributed by atoms with E-state index in [1.54, 1.807) is 12.3 Å². The summed E-state index contributed by atoms with van der Waals surface area (Å²) < 4.78 is 2.19. The van der Waals surface area contributed by atoms with E-state index in [-0.39, 0.29) is 35.6 Å². The van der Waals surface area contributed by atoms with Crippen LogP contribution in [0.1, 0.15) is 90.3 Å². The molecular formula is C38H43N9O3. The van der Waals surface area contributed by atoms with Crippen molar-refractivity contribution in [2.24, 2.45) is 5.92 Å². The number of ketones is 1. The summed E-state index contributed by atoms with van der Waals surface area (Å²) in [5.74, 6) is 0.455. The lowest BCUT2D eigenvalue weighted by Gasteiger charge is -2.42. The first-order valence-electron chi connectivity index (χ1n) is 17.8. The molecule has 2 amide bonds. The summed E-state index contributed by atoms with van der Waals surface area (Å²) in [7, 11) is 2.09. The zero-order valence-electron chi connectivity index (χ0n) is 28.9. The van der Waals surface area contributed by atoms with Crippen molar-refractivity contribution in [3.63, 3.8) is 0 Å². The number of hydrogen-bond donors (Lipinski definition) is 2. The van der Waals surface area contributed by atoms with E-state index in [4.69, 9.17) is 10.1 Å². The molecule has 4 aliphatic rings. The number of nitrogens with one attached hydrogen (secondary N) is 2. The lowest BCUT2D eigenvalue weighted by atomic mass is 9.93. The molecular weight excluding hydrogens is 630 g/mol. The highest BCUT2D eigenvalue weighted by Gasteiger charge is 2.37. The second-order valence-electron chi connectivity index (χ2n) is 14.0.